The molecule has 5 aliphatic heterocycles. The smallest absolute Gasteiger partial charge is 0.191 e. The molecule has 3 saturated heterocycles. The number of aromatic amines is 2. The van der Waals surface area contributed by atoms with E-state index in [-0.39, 0.29) is 0 Å². The zero-order valence-electron chi connectivity index (χ0n) is 31.9. The Morgan fingerprint density at radius 1 is 0.534 bits per heavy atom. The molecule has 3 fully saturated rings. The molecule has 0 unspecified atom stereocenters. The van der Waals surface area contributed by atoms with Crippen LogP contribution >= 0.6 is 0 Å². The second-order valence-electron chi connectivity index (χ2n) is 15.9. The third-order valence-corrected chi connectivity index (χ3v) is 11.2. The summed E-state index contributed by atoms with van der Waals surface area (Å²) in [5.41, 5.74) is 5.58. The summed E-state index contributed by atoms with van der Waals surface area (Å²) in [6, 6.07) is 29.8. The van der Waals surface area contributed by atoms with Crippen molar-refractivity contribution in [1.82, 2.24) is 39.9 Å². The molecule has 7 aromatic rings. The SMILES string of the molecule is CC1(C)O[C@H]2O[C@H]([C@H]3COC(C)(C)O3)[C@H](Oc3cccc4c3-c3nc-4nc4[nH]c(nc5nc(nc6[nH]c(n3)c3ccccc63)-c3ccccc3-5)c3ccccc43)[C@H]2O1. The van der Waals surface area contributed by atoms with Crippen LogP contribution in [0.1, 0.15) is 27.7 Å². The van der Waals surface area contributed by atoms with Gasteiger partial charge in [-0.1, -0.05) is 84.9 Å². The van der Waals surface area contributed by atoms with Gasteiger partial charge in [-0.05, 0) is 33.8 Å². The number of nitrogens with one attached hydrogen (secondary N) is 2. The third kappa shape index (κ3) is 5.30. The summed E-state index contributed by atoms with van der Waals surface area (Å²) in [5.74, 6) is 0.845. The summed E-state index contributed by atoms with van der Waals surface area (Å²) in [4.78, 5) is 37.8. The zero-order valence-corrected chi connectivity index (χ0v) is 31.9. The average molecular weight is 773 g/mol. The molecule has 0 amide bonds. The van der Waals surface area contributed by atoms with Crippen molar-refractivity contribution in [2.75, 3.05) is 6.61 Å². The fourth-order valence-electron chi connectivity index (χ4n) is 8.72. The Kier molecular flexibility index (Phi) is 7.12. The predicted octanol–water partition coefficient (Wildman–Crippen LogP) is 7.64. The number of fused-ring (bicyclic) bond motifs is 21. The number of rotatable bonds is 3. The molecule has 288 valence electrons. The molecule has 14 nitrogen and oxygen atoms in total. The fourth-order valence-corrected chi connectivity index (χ4v) is 8.72. The minimum Gasteiger partial charge on any atom is -0.484 e. The van der Waals surface area contributed by atoms with Gasteiger partial charge in [0.2, 0.25) is 0 Å². The van der Waals surface area contributed by atoms with Gasteiger partial charge in [0.1, 0.15) is 40.5 Å². The summed E-state index contributed by atoms with van der Waals surface area (Å²) >= 11 is 0. The quantitative estimate of drug-likeness (QED) is 0.181. The largest absolute Gasteiger partial charge is 0.484 e. The summed E-state index contributed by atoms with van der Waals surface area (Å²) in [7, 11) is 0. The highest BCUT2D eigenvalue weighted by molar-refractivity contribution is 6.06. The molecule has 0 spiro atoms. The van der Waals surface area contributed by atoms with E-state index in [9.17, 15) is 0 Å². The molecule has 14 heteroatoms. The van der Waals surface area contributed by atoms with Gasteiger partial charge in [-0.25, -0.2) is 29.9 Å². The maximum Gasteiger partial charge on any atom is 0.191 e. The minimum absolute atomic E-state index is 0.328. The van der Waals surface area contributed by atoms with E-state index in [1.165, 1.54) is 0 Å². The summed E-state index contributed by atoms with van der Waals surface area (Å²) < 4.78 is 38.5. The Morgan fingerprint density at radius 3 is 1.62 bits per heavy atom. The van der Waals surface area contributed by atoms with E-state index in [2.05, 4.69) is 9.97 Å². The molecular weight excluding hydrogens is 737 g/mol. The van der Waals surface area contributed by atoms with Crippen LogP contribution in [0.2, 0.25) is 0 Å². The van der Waals surface area contributed by atoms with E-state index in [4.69, 9.17) is 58.3 Å². The van der Waals surface area contributed by atoms with Gasteiger partial charge >= 0.3 is 0 Å². The molecule has 58 heavy (non-hydrogen) atoms. The number of aromatic nitrogens is 8. The topological polar surface area (TPSA) is 164 Å². The highest BCUT2D eigenvalue weighted by Gasteiger charge is 2.59. The molecule has 12 rings (SSSR count). The molecule has 0 aliphatic carbocycles. The van der Waals surface area contributed by atoms with Gasteiger partial charge < -0.3 is 38.4 Å². The molecule has 5 atom stereocenters. The van der Waals surface area contributed by atoms with Crippen LogP contribution in [0.15, 0.2) is 91.0 Å². The maximum absolute atomic E-state index is 7.05. The first kappa shape index (κ1) is 33.9. The lowest BCUT2D eigenvalue weighted by Gasteiger charge is -2.29. The van der Waals surface area contributed by atoms with Gasteiger partial charge in [-0.2, -0.15) is 0 Å². The van der Waals surface area contributed by atoms with Crippen molar-refractivity contribution in [1.29, 1.82) is 0 Å². The second kappa shape index (κ2) is 12.2. The lowest BCUT2D eigenvalue weighted by atomic mass is 10.0. The van der Waals surface area contributed by atoms with Gasteiger partial charge in [0, 0.05) is 38.2 Å². The molecule has 4 aromatic carbocycles. The van der Waals surface area contributed by atoms with E-state index >= 15 is 0 Å². The molecule has 5 aliphatic rings. The minimum atomic E-state index is -0.872. The highest BCUT2D eigenvalue weighted by Crippen LogP contribution is 2.46. The fraction of sp³-hybridized carbons (Fsp3) is 0.273. The molecule has 0 radical (unpaired) electrons. The monoisotopic (exact) mass is 772 g/mol. The van der Waals surface area contributed by atoms with Crippen LogP contribution in [-0.2, 0) is 23.7 Å². The third-order valence-electron chi connectivity index (χ3n) is 11.2. The standard InChI is InChI=1S/C44H36N8O6/c1-43(2)53-20-29(56-43)31-32(33-42(55-31)58-44(3,4)57-33)54-28-19-11-18-27-30(28)41-51-39-26-17-10-9-16-25(26)37(49-39)47-35-22-13-6-5-12-21(22)34(45-35)46-36-23-14-7-8-15-24(23)38(48-36)50-40(27)52-41/h5-19,29,31-33,42H,20H2,1-4H3,(H2,45,46,47,48,49,50,51,52)/t29-,31-,32+,33-,42-/m1/s1. The van der Waals surface area contributed by atoms with E-state index in [1.54, 1.807) is 0 Å². The number of nitrogens with zero attached hydrogens (tertiary/aromatic N) is 6. The molecule has 3 aromatic heterocycles. The number of hydrogen-bond acceptors (Lipinski definition) is 12. The molecule has 0 saturated carbocycles. The summed E-state index contributed by atoms with van der Waals surface area (Å²) in [6.07, 6.45) is -2.82. The lowest BCUT2D eigenvalue weighted by Crippen LogP contribution is -2.46. The average Bonchev–Trinajstić information content (AvgIpc) is 4.08. The Balaban J connectivity index is 1.10. The first-order valence-electron chi connectivity index (χ1n) is 19.4. The molecule has 2 N–H and O–H groups in total. The van der Waals surface area contributed by atoms with Crippen LogP contribution in [0.4, 0.5) is 0 Å². The van der Waals surface area contributed by atoms with Crippen LogP contribution in [0.25, 0.3) is 89.7 Å². The van der Waals surface area contributed by atoms with Crippen molar-refractivity contribution in [3.05, 3.63) is 91.0 Å². The van der Waals surface area contributed by atoms with E-state index < -0.39 is 42.3 Å². The normalized spacial score (nSPS) is 23.9. The van der Waals surface area contributed by atoms with Gasteiger partial charge in [0.05, 0.1) is 12.2 Å². The number of ether oxygens (including phenoxy) is 6. The van der Waals surface area contributed by atoms with Gasteiger partial charge in [-0.3, -0.25) is 0 Å². The van der Waals surface area contributed by atoms with Crippen molar-refractivity contribution < 1.29 is 28.4 Å². The second-order valence-corrected chi connectivity index (χ2v) is 15.9. The Hall–Kier alpha value is -6.16. The van der Waals surface area contributed by atoms with Crippen molar-refractivity contribution in [2.24, 2.45) is 0 Å². The summed E-state index contributed by atoms with van der Waals surface area (Å²) in [5, 5.41) is 3.52. The van der Waals surface area contributed by atoms with Gasteiger partial charge in [-0.15, -0.1) is 0 Å². The highest BCUT2D eigenvalue weighted by atomic mass is 16.8. The number of benzene rings is 4. The Morgan fingerprint density at radius 2 is 1.05 bits per heavy atom. The van der Waals surface area contributed by atoms with Crippen molar-refractivity contribution in [3.63, 3.8) is 0 Å². The van der Waals surface area contributed by atoms with Crippen molar-refractivity contribution in [2.45, 2.75) is 70.0 Å². The van der Waals surface area contributed by atoms with Gasteiger partial charge in [0.25, 0.3) is 0 Å². The van der Waals surface area contributed by atoms with Crippen LogP contribution in [0.3, 0.4) is 0 Å². The first-order chi connectivity index (χ1) is 28.1. The van der Waals surface area contributed by atoms with Crippen LogP contribution < -0.4 is 4.74 Å². The molecule has 8 bridgehead atoms. The number of hydrogen-bond donors (Lipinski definition) is 2. The lowest BCUT2D eigenvalue weighted by molar-refractivity contribution is -0.230. The zero-order chi connectivity index (χ0) is 38.9. The van der Waals surface area contributed by atoms with Crippen molar-refractivity contribution >= 4 is 44.1 Å². The van der Waals surface area contributed by atoms with Gasteiger partial charge in [0.15, 0.2) is 53.4 Å². The van der Waals surface area contributed by atoms with Crippen LogP contribution in [-0.4, -0.2) is 88.8 Å². The van der Waals surface area contributed by atoms with Crippen LogP contribution in [0.5, 0.6) is 5.75 Å². The van der Waals surface area contributed by atoms with E-state index in [1.807, 2.05) is 119 Å². The molecular formula is C44H36N8O6. The van der Waals surface area contributed by atoms with Crippen LogP contribution in [0, 0.1) is 0 Å². The number of H-pyrrole nitrogens is 2. The Bertz CT molecular complexity index is 3030. The predicted molar refractivity (Wildman–Crippen MR) is 214 cm³/mol. The van der Waals surface area contributed by atoms with Crippen molar-refractivity contribution in [3.8, 4) is 51.3 Å². The maximum atomic E-state index is 7.05. The van der Waals surface area contributed by atoms with E-state index in [0.29, 0.717) is 63.8 Å². The molecule has 8 heterocycles. The van der Waals surface area contributed by atoms with E-state index in [0.717, 1.165) is 38.2 Å². The Labute approximate surface area is 330 Å². The first-order valence-corrected chi connectivity index (χ1v) is 19.4. The summed E-state index contributed by atoms with van der Waals surface area (Å²) in [6.45, 7) is 7.84.